The molecule has 0 bridgehead atoms. The Hall–Kier alpha value is -0.460. The first-order chi connectivity index (χ1) is 8.43. The third-order valence-electron chi connectivity index (χ3n) is 3.23. The van der Waals surface area contributed by atoms with Crippen molar-refractivity contribution in [2.75, 3.05) is 12.8 Å². The molecule has 1 heterocycles. The molecule has 0 spiro atoms. The second kappa shape index (κ2) is 5.27. The monoisotopic (exact) mass is 288 g/mol. The first-order valence-electron chi connectivity index (χ1n) is 6.32. The molecule has 102 valence electrons. The number of nitrogens with zero attached hydrogens (tertiary/aromatic N) is 1. The summed E-state index contributed by atoms with van der Waals surface area (Å²) in [5.74, 6) is 0.565. The van der Waals surface area contributed by atoms with Gasteiger partial charge in [0.15, 0.2) is 9.84 Å². The van der Waals surface area contributed by atoms with Crippen molar-refractivity contribution < 1.29 is 8.42 Å². The Labute approximate surface area is 113 Å². The van der Waals surface area contributed by atoms with E-state index in [1.54, 1.807) is 18.3 Å². The van der Waals surface area contributed by atoms with Crippen LogP contribution in [-0.4, -0.2) is 26.2 Å². The molecule has 6 heteroatoms. The van der Waals surface area contributed by atoms with E-state index in [0.717, 1.165) is 23.8 Å². The summed E-state index contributed by atoms with van der Waals surface area (Å²) < 4.78 is 23.2. The van der Waals surface area contributed by atoms with E-state index in [-0.39, 0.29) is 0 Å². The molecule has 1 saturated carbocycles. The molecule has 1 N–H and O–H groups in total. The van der Waals surface area contributed by atoms with Crippen LogP contribution in [0, 0.1) is 0 Å². The smallest absolute Gasteiger partial charge is 0.156 e. The first kappa shape index (κ1) is 14.0. The Morgan fingerprint density at radius 2 is 2.17 bits per heavy atom. The Morgan fingerprint density at radius 1 is 1.50 bits per heavy atom. The van der Waals surface area contributed by atoms with E-state index in [9.17, 15) is 8.42 Å². The number of rotatable bonds is 6. The molecule has 0 aliphatic heterocycles. The van der Waals surface area contributed by atoms with Crippen LogP contribution >= 0.6 is 11.3 Å². The number of aromatic nitrogens is 1. The van der Waals surface area contributed by atoms with Crippen molar-refractivity contribution in [3.8, 4) is 0 Å². The number of hydrogen-bond acceptors (Lipinski definition) is 5. The second-order valence-electron chi connectivity index (χ2n) is 4.89. The summed E-state index contributed by atoms with van der Waals surface area (Å²) >= 11 is 1.55. The zero-order valence-corrected chi connectivity index (χ0v) is 12.7. The SMILES string of the molecule is CCNCc1sc(C(C)S(C)(=O)=O)nc1C1CC1. The van der Waals surface area contributed by atoms with Crippen LogP contribution in [0.4, 0.5) is 0 Å². The summed E-state index contributed by atoms with van der Waals surface area (Å²) in [5, 5.41) is 3.55. The van der Waals surface area contributed by atoms with Gasteiger partial charge >= 0.3 is 0 Å². The fourth-order valence-electron chi connectivity index (χ4n) is 1.78. The zero-order valence-electron chi connectivity index (χ0n) is 11.1. The van der Waals surface area contributed by atoms with Gasteiger partial charge in [-0.25, -0.2) is 13.4 Å². The quantitative estimate of drug-likeness (QED) is 0.872. The van der Waals surface area contributed by atoms with Crippen LogP contribution in [-0.2, 0) is 16.4 Å². The normalized spacial score (nSPS) is 17.9. The highest BCUT2D eigenvalue weighted by molar-refractivity contribution is 7.91. The van der Waals surface area contributed by atoms with E-state index < -0.39 is 15.1 Å². The van der Waals surface area contributed by atoms with Crippen molar-refractivity contribution in [2.24, 2.45) is 0 Å². The van der Waals surface area contributed by atoms with Gasteiger partial charge < -0.3 is 5.32 Å². The van der Waals surface area contributed by atoms with Crippen LogP contribution in [0.15, 0.2) is 0 Å². The lowest BCUT2D eigenvalue weighted by atomic mass is 10.2. The Balaban J connectivity index is 2.27. The average Bonchev–Trinajstić information content (AvgIpc) is 3.05. The third-order valence-corrected chi connectivity index (χ3v) is 6.14. The lowest BCUT2D eigenvalue weighted by Crippen LogP contribution is -2.11. The van der Waals surface area contributed by atoms with E-state index in [4.69, 9.17) is 0 Å². The molecule has 0 amide bonds. The largest absolute Gasteiger partial charge is 0.312 e. The molecular weight excluding hydrogens is 268 g/mol. The van der Waals surface area contributed by atoms with Crippen molar-refractivity contribution in [1.82, 2.24) is 10.3 Å². The van der Waals surface area contributed by atoms with Gasteiger partial charge in [-0.3, -0.25) is 0 Å². The Kier molecular flexibility index (Phi) is 4.08. The second-order valence-corrected chi connectivity index (χ2v) is 8.37. The average molecular weight is 288 g/mol. The first-order valence-corrected chi connectivity index (χ1v) is 9.09. The lowest BCUT2D eigenvalue weighted by molar-refractivity contribution is 0.592. The molecule has 1 aliphatic carbocycles. The highest BCUT2D eigenvalue weighted by Gasteiger charge is 2.31. The van der Waals surface area contributed by atoms with Crippen molar-refractivity contribution >= 4 is 21.2 Å². The van der Waals surface area contributed by atoms with Gasteiger partial charge in [-0.1, -0.05) is 6.92 Å². The number of nitrogens with one attached hydrogen (secondary N) is 1. The van der Waals surface area contributed by atoms with Gasteiger partial charge in [0.05, 0.1) is 5.69 Å². The van der Waals surface area contributed by atoms with Crippen LogP contribution in [0.3, 0.4) is 0 Å². The van der Waals surface area contributed by atoms with Gasteiger partial charge in [-0.05, 0) is 26.3 Å². The molecule has 0 radical (unpaired) electrons. The molecule has 1 aromatic heterocycles. The highest BCUT2D eigenvalue weighted by atomic mass is 32.2. The summed E-state index contributed by atoms with van der Waals surface area (Å²) in [6.07, 6.45) is 3.66. The fraction of sp³-hybridized carbons (Fsp3) is 0.750. The standard InChI is InChI=1S/C12H20N2O2S2/c1-4-13-7-10-11(9-5-6-9)14-12(17-10)8(2)18(3,15)16/h8-9,13H,4-7H2,1-3H3. The van der Waals surface area contributed by atoms with Crippen molar-refractivity contribution in [3.63, 3.8) is 0 Å². The lowest BCUT2D eigenvalue weighted by Gasteiger charge is -2.04. The molecule has 0 aromatic carbocycles. The molecular formula is C12H20N2O2S2. The molecule has 1 unspecified atom stereocenters. The summed E-state index contributed by atoms with van der Waals surface area (Å²) in [4.78, 5) is 5.80. The molecule has 2 rings (SSSR count). The van der Waals surface area contributed by atoms with Gasteiger partial charge in [0, 0.05) is 23.6 Å². The summed E-state index contributed by atoms with van der Waals surface area (Å²) in [5.41, 5.74) is 1.13. The van der Waals surface area contributed by atoms with Crippen LogP contribution in [0.5, 0.6) is 0 Å². The predicted octanol–water partition coefficient (Wildman–Crippen LogP) is 2.24. The minimum Gasteiger partial charge on any atom is -0.312 e. The van der Waals surface area contributed by atoms with E-state index in [0.29, 0.717) is 5.92 Å². The molecule has 4 nitrogen and oxygen atoms in total. The van der Waals surface area contributed by atoms with Gasteiger partial charge in [0.2, 0.25) is 0 Å². The van der Waals surface area contributed by atoms with Crippen LogP contribution in [0.25, 0.3) is 0 Å². The van der Waals surface area contributed by atoms with Crippen LogP contribution in [0.1, 0.15) is 53.4 Å². The van der Waals surface area contributed by atoms with Gasteiger partial charge in [-0.15, -0.1) is 11.3 Å². The van der Waals surface area contributed by atoms with Crippen molar-refractivity contribution in [1.29, 1.82) is 0 Å². The molecule has 1 aromatic rings. The third kappa shape index (κ3) is 3.10. The minimum atomic E-state index is -3.06. The van der Waals surface area contributed by atoms with Crippen LogP contribution < -0.4 is 5.32 Å². The molecule has 0 saturated heterocycles. The number of sulfone groups is 1. The maximum Gasteiger partial charge on any atom is 0.156 e. The summed E-state index contributed by atoms with van der Waals surface area (Å²) in [6, 6.07) is 0. The molecule has 1 aliphatic rings. The maximum absolute atomic E-state index is 11.6. The molecule has 1 atom stereocenters. The zero-order chi connectivity index (χ0) is 13.3. The minimum absolute atomic E-state index is 0.490. The van der Waals surface area contributed by atoms with E-state index in [2.05, 4.69) is 17.2 Å². The maximum atomic E-state index is 11.6. The van der Waals surface area contributed by atoms with Gasteiger partial charge in [-0.2, -0.15) is 0 Å². The number of thiazole rings is 1. The Morgan fingerprint density at radius 3 is 2.67 bits per heavy atom. The summed E-state index contributed by atoms with van der Waals surface area (Å²) in [6.45, 7) is 5.51. The fourth-order valence-corrected chi connectivity index (χ4v) is 3.92. The summed E-state index contributed by atoms with van der Waals surface area (Å²) in [7, 11) is -3.06. The Bertz CT molecular complexity index is 518. The van der Waals surface area contributed by atoms with Crippen LogP contribution in [0.2, 0.25) is 0 Å². The van der Waals surface area contributed by atoms with E-state index in [1.807, 2.05) is 0 Å². The van der Waals surface area contributed by atoms with E-state index >= 15 is 0 Å². The van der Waals surface area contributed by atoms with Gasteiger partial charge in [0.1, 0.15) is 10.3 Å². The topological polar surface area (TPSA) is 59.1 Å². The van der Waals surface area contributed by atoms with Crippen molar-refractivity contribution in [3.05, 3.63) is 15.6 Å². The predicted molar refractivity (Wildman–Crippen MR) is 74.7 cm³/mol. The molecule has 1 fully saturated rings. The highest BCUT2D eigenvalue weighted by Crippen LogP contribution is 2.43. The van der Waals surface area contributed by atoms with Crippen molar-refractivity contribution in [2.45, 2.75) is 44.4 Å². The molecule has 18 heavy (non-hydrogen) atoms. The van der Waals surface area contributed by atoms with E-state index in [1.165, 1.54) is 24.0 Å². The van der Waals surface area contributed by atoms with Gasteiger partial charge in [0.25, 0.3) is 0 Å². The number of hydrogen-bond donors (Lipinski definition) is 1.